The Morgan fingerprint density at radius 2 is 0.852 bits per heavy atom. The van der Waals surface area contributed by atoms with Gasteiger partial charge in [-0.3, -0.25) is 4.57 Å². The van der Waals surface area contributed by atoms with Gasteiger partial charge >= 0.3 is 0 Å². The summed E-state index contributed by atoms with van der Waals surface area (Å²) in [5.74, 6) is 0.642. The van der Waals surface area contributed by atoms with E-state index in [9.17, 15) is 0 Å². The van der Waals surface area contributed by atoms with Crippen molar-refractivity contribution in [1.29, 1.82) is 0 Å². The first-order valence-electron chi connectivity index (χ1n) is 18.3. The highest BCUT2D eigenvalue weighted by Gasteiger charge is 2.23. The molecular weight excluding hydrogens is 657 g/mol. The molecule has 54 heavy (non-hydrogen) atoms. The molecule has 0 spiro atoms. The van der Waals surface area contributed by atoms with Crippen molar-refractivity contribution in [3.05, 3.63) is 194 Å². The van der Waals surface area contributed by atoms with Crippen molar-refractivity contribution >= 4 is 54.5 Å². The first-order chi connectivity index (χ1) is 26.8. The lowest BCUT2D eigenvalue weighted by Gasteiger charge is -2.15. The Morgan fingerprint density at radius 3 is 1.56 bits per heavy atom. The Hall–Kier alpha value is -7.30. The van der Waals surface area contributed by atoms with Crippen LogP contribution in [0, 0.1) is 0 Å². The maximum Gasteiger partial charge on any atom is 0.235 e. The number of benzene rings is 8. The molecule has 0 saturated carbocycles. The molecule has 0 amide bonds. The Morgan fingerprint density at radius 1 is 0.333 bits per heavy atom. The molecule has 0 aliphatic heterocycles. The predicted octanol–water partition coefficient (Wildman–Crippen LogP) is 12.8. The predicted molar refractivity (Wildman–Crippen MR) is 225 cm³/mol. The van der Waals surface area contributed by atoms with Gasteiger partial charge < -0.3 is 4.57 Å². The van der Waals surface area contributed by atoms with E-state index in [0.29, 0.717) is 5.95 Å². The summed E-state index contributed by atoms with van der Waals surface area (Å²) in [6, 6.07) is 68.9. The molecule has 3 aromatic heterocycles. The molecule has 0 unspecified atom stereocenters. The van der Waals surface area contributed by atoms with Crippen LogP contribution in [0.1, 0.15) is 0 Å². The van der Waals surface area contributed by atoms with E-state index in [1.165, 1.54) is 38.1 Å². The van der Waals surface area contributed by atoms with Crippen LogP contribution >= 0.6 is 0 Å². The first-order valence-corrected chi connectivity index (χ1v) is 18.3. The van der Waals surface area contributed by atoms with Crippen LogP contribution in [0.3, 0.4) is 0 Å². The summed E-state index contributed by atoms with van der Waals surface area (Å²) in [7, 11) is 0. The van der Waals surface area contributed by atoms with Crippen LogP contribution in [-0.2, 0) is 0 Å². The van der Waals surface area contributed by atoms with E-state index in [1.807, 2.05) is 0 Å². The van der Waals surface area contributed by atoms with E-state index in [1.54, 1.807) is 0 Å². The van der Waals surface area contributed by atoms with Gasteiger partial charge in [-0.15, -0.1) is 0 Å². The standard InChI is InChI=1S/C50H32N4/c1-4-16-33(17-5-1)35-20-14-21-36(32-35)48-41-27-15-26-38(34-18-6-2-7-19-34)49(41)52-50(51-48)54-43-29-13-11-25-40(43)47-45(54)31-30-44-46(47)39-24-10-12-28-42(39)53(44)37-22-8-3-9-23-37/h1-32H. The van der Waals surface area contributed by atoms with Crippen molar-refractivity contribution in [3.8, 4) is 45.1 Å². The van der Waals surface area contributed by atoms with Crippen LogP contribution in [0.4, 0.5) is 0 Å². The van der Waals surface area contributed by atoms with Gasteiger partial charge in [-0.1, -0.05) is 152 Å². The largest absolute Gasteiger partial charge is 0.309 e. The summed E-state index contributed by atoms with van der Waals surface area (Å²) in [5.41, 5.74) is 13.0. The molecule has 11 aromatic rings. The van der Waals surface area contributed by atoms with Crippen LogP contribution < -0.4 is 0 Å². The monoisotopic (exact) mass is 688 g/mol. The maximum absolute atomic E-state index is 5.53. The van der Waals surface area contributed by atoms with Crippen LogP contribution in [0.25, 0.3) is 99.7 Å². The zero-order chi connectivity index (χ0) is 35.6. The lowest BCUT2D eigenvalue weighted by Crippen LogP contribution is -2.04. The average molecular weight is 689 g/mol. The van der Waals surface area contributed by atoms with Gasteiger partial charge in [0.15, 0.2) is 0 Å². The molecule has 11 rings (SSSR count). The van der Waals surface area contributed by atoms with Crippen molar-refractivity contribution in [1.82, 2.24) is 19.1 Å². The van der Waals surface area contributed by atoms with Gasteiger partial charge in [-0.25, -0.2) is 9.97 Å². The average Bonchev–Trinajstić information content (AvgIpc) is 3.77. The first kappa shape index (κ1) is 30.3. The van der Waals surface area contributed by atoms with E-state index in [0.717, 1.165) is 55.6 Å². The summed E-state index contributed by atoms with van der Waals surface area (Å²) >= 11 is 0. The molecule has 0 fully saturated rings. The molecule has 0 bridgehead atoms. The number of fused-ring (bicyclic) bond motifs is 8. The van der Waals surface area contributed by atoms with Crippen LogP contribution in [0.15, 0.2) is 194 Å². The maximum atomic E-state index is 5.53. The minimum atomic E-state index is 0.642. The summed E-state index contributed by atoms with van der Waals surface area (Å²) in [6.45, 7) is 0. The molecule has 0 aliphatic rings. The minimum Gasteiger partial charge on any atom is -0.309 e. The molecule has 0 aliphatic carbocycles. The highest BCUT2D eigenvalue weighted by Crippen LogP contribution is 2.43. The van der Waals surface area contributed by atoms with E-state index >= 15 is 0 Å². The Bertz CT molecular complexity index is 3200. The third kappa shape index (κ3) is 4.64. The molecule has 0 saturated heterocycles. The van der Waals surface area contributed by atoms with Gasteiger partial charge in [-0.05, 0) is 59.2 Å². The molecule has 252 valence electrons. The lowest BCUT2D eigenvalue weighted by molar-refractivity contribution is 1.01. The second-order valence-electron chi connectivity index (χ2n) is 13.8. The van der Waals surface area contributed by atoms with Crippen LogP contribution in [0.5, 0.6) is 0 Å². The van der Waals surface area contributed by atoms with E-state index < -0.39 is 0 Å². The summed E-state index contributed by atoms with van der Waals surface area (Å²) in [6.07, 6.45) is 0. The molecule has 4 nitrogen and oxygen atoms in total. The minimum absolute atomic E-state index is 0.642. The SMILES string of the molecule is c1ccc(-c2cccc(-c3nc(-n4c5ccccc5c5c6c7ccccc7n(-c7ccccc7)c6ccc54)nc4c(-c5ccccc5)cccc34)c2)cc1. The van der Waals surface area contributed by atoms with Gasteiger partial charge in [0.25, 0.3) is 0 Å². The van der Waals surface area contributed by atoms with Gasteiger partial charge in [0, 0.05) is 43.7 Å². The topological polar surface area (TPSA) is 35.6 Å². The normalized spacial score (nSPS) is 11.7. The Kier molecular flexibility index (Phi) is 6.82. The number of nitrogens with zero attached hydrogens (tertiary/aromatic N) is 4. The van der Waals surface area contributed by atoms with Crippen molar-refractivity contribution in [2.45, 2.75) is 0 Å². The molecular formula is C50H32N4. The fraction of sp³-hybridized carbons (Fsp3) is 0. The lowest BCUT2D eigenvalue weighted by atomic mass is 9.97. The summed E-state index contributed by atoms with van der Waals surface area (Å²) in [4.78, 5) is 11.0. The fourth-order valence-electron chi connectivity index (χ4n) is 8.38. The van der Waals surface area contributed by atoms with E-state index in [4.69, 9.17) is 9.97 Å². The van der Waals surface area contributed by atoms with Gasteiger partial charge in [0.1, 0.15) is 0 Å². The molecule has 0 atom stereocenters. The van der Waals surface area contributed by atoms with E-state index in [-0.39, 0.29) is 0 Å². The molecule has 8 aromatic carbocycles. The smallest absolute Gasteiger partial charge is 0.235 e. The Labute approximate surface area is 311 Å². The van der Waals surface area contributed by atoms with Gasteiger partial charge in [-0.2, -0.15) is 0 Å². The van der Waals surface area contributed by atoms with Crippen molar-refractivity contribution in [2.24, 2.45) is 0 Å². The molecule has 0 radical (unpaired) electrons. The van der Waals surface area contributed by atoms with Crippen LogP contribution in [-0.4, -0.2) is 19.1 Å². The number of para-hydroxylation sites is 4. The zero-order valence-corrected chi connectivity index (χ0v) is 29.3. The summed E-state index contributed by atoms with van der Waals surface area (Å²) < 4.78 is 4.65. The summed E-state index contributed by atoms with van der Waals surface area (Å²) in [5, 5.41) is 5.82. The van der Waals surface area contributed by atoms with E-state index in [2.05, 4.69) is 203 Å². The highest BCUT2D eigenvalue weighted by atomic mass is 15.2. The zero-order valence-electron chi connectivity index (χ0n) is 29.3. The third-order valence-electron chi connectivity index (χ3n) is 10.7. The van der Waals surface area contributed by atoms with Crippen LogP contribution in [0.2, 0.25) is 0 Å². The van der Waals surface area contributed by atoms with Crippen molar-refractivity contribution < 1.29 is 0 Å². The number of rotatable bonds is 5. The number of hydrogen-bond donors (Lipinski definition) is 0. The highest BCUT2D eigenvalue weighted by molar-refractivity contribution is 6.28. The van der Waals surface area contributed by atoms with Gasteiger partial charge in [0.05, 0.1) is 33.3 Å². The molecule has 0 N–H and O–H groups in total. The van der Waals surface area contributed by atoms with Gasteiger partial charge in [0.2, 0.25) is 5.95 Å². The number of hydrogen-bond acceptors (Lipinski definition) is 2. The quantitative estimate of drug-likeness (QED) is 0.180. The second kappa shape index (κ2) is 12.1. The third-order valence-corrected chi connectivity index (χ3v) is 10.7. The Balaban J connectivity index is 1.25. The fourth-order valence-corrected chi connectivity index (χ4v) is 8.38. The molecule has 3 heterocycles. The second-order valence-corrected chi connectivity index (χ2v) is 13.8. The van der Waals surface area contributed by atoms with Crippen molar-refractivity contribution in [2.75, 3.05) is 0 Å². The number of aromatic nitrogens is 4. The molecule has 4 heteroatoms. The van der Waals surface area contributed by atoms with Crippen molar-refractivity contribution in [3.63, 3.8) is 0 Å².